The first-order valence-corrected chi connectivity index (χ1v) is 8.42. The van der Waals surface area contributed by atoms with Gasteiger partial charge >= 0.3 is 0 Å². The fourth-order valence-electron chi connectivity index (χ4n) is 4.23. The van der Waals surface area contributed by atoms with Gasteiger partial charge in [0.25, 0.3) is 5.56 Å². The number of nitrogens with zero attached hydrogens (tertiary/aromatic N) is 2. The van der Waals surface area contributed by atoms with Crippen molar-refractivity contribution in [1.29, 1.82) is 0 Å². The summed E-state index contributed by atoms with van der Waals surface area (Å²) in [6.07, 6.45) is 1.14. The number of methoxy groups -OCH3 is 1. The van der Waals surface area contributed by atoms with Crippen LogP contribution in [-0.2, 0) is 13.1 Å². The van der Waals surface area contributed by atoms with Gasteiger partial charge in [-0.2, -0.15) is 0 Å². The number of hydrogen-bond donors (Lipinski definition) is 1. The SMILES string of the molecule is COc1cccc(CN2C[C@H]3C[C@@H](C2)c2cccc(=O)n2C3)c1O. The predicted molar refractivity (Wildman–Crippen MR) is 91.5 cm³/mol. The lowest BCUT2D eigenvalue weighted by Gasteiger charge is -2.42. The van der Waals surface area contributed by atoms with Crippen LogP contribution in [0.3, 0.4) is 0 Å². The molecule has 5 heteroatoms. The molecule has 0 aliphatic carbocycles. The minimum atomic E-state index is 0.112. The first-order valence-electron chi connectivity index (χ1n) is 8.42. The highest BCUT2D eigenvalue weighted by molar-refractivity contribution is 5.45. The molecule has 2 aliphatic heterocycles. The fourth-order valence-corrected chi connectivity index (χ4v) is 4.23. The zero-order valence-electron chi connectivity index (χ0n) is 13.8. The molecule has 24 heavy (non-hydrogen) atoms. The summed E-state index contributed by atoms with van der Waals surface area (Å²) in [7, 11) is 1.57. The first kappa shape index (κ1) is 15.3. The van der Waals surface area contributed by atoms with E-state index >= 15 is 0 Å². The lowest BCUT2D eigenvalue weighted by Crippen LogP contribution is -2.46. The van der Waals surface area contributed by atoms with Crippen LogP contribution in [0.1, 0.15) is 23.6 Å². The Hall–Kier alpha value is -2.27. The Morgan fingerprint density at radius 1 is 1.17 bits per heavy atom. The van der Waals surface area contributed by atoms with Crippen LogP contribution in [-0.4, -0.2) is 34.8 Å². The number of hydrogen-bond acceptors (Lipinski definition) is 4. The van der Waals surface area contributed by atoms with E-state index in [1.165, 1.54) is 0 Å². The molecule has 1 saturated heterocycles. The Kier molecular flexibility index (Phi) is 3.81. The predicted octanol–water partition coefficient (Wildman–Crippen LogP) is 2.18. The van der Waals surface area contributed by atoms with Gasteiger partial charge in [0.15, 0.2) is 11.5 Å². The normalized spacial score (nSPS) is 22.9. The largest absolute Gasteiger partial charge is 0.504 e. The first-order chi connectivity index (χ1) is 11.7. The Labute approximate surface area is 141 Å². The van der Waals surface area contributed by atoms with E-state index in [0.29, 0.717) is 24.1 Å². The number of ether oxygens (including phenoxy) is 1. The zero-order valence-corrected chi connectivity index (χ0v) is 13.8. The van der Waals surface area contributed by atoms with Crippen molar-refractivity contribution >= 4 is 0 Å². The zero-order chi connectivity index (χ0) is 16.7. The second kappa shape index (κ2) is 5.98. The van der Waals surface area contributed by atoms with E-state index in [9.17, 15) is 9.90 Å². The van der Waals surface area contributed by atoms with Crippen molar-refractivity contribution in [3.8, 4) is 11.5 Å². The van der Waals surface area contributed by atoms with Crippen molar-refractivity contribution in [1.82, 2.24) is 9.47 Å². The van der Waals surface area contributed by atoms with E-state index in [-0.39, 0.29) is 11.3 Å². The van der Waals surface area contributed by atoms with E-state index in [2.05, 4.69) is 11.0 Å². The molecular formula is C19H22N2O3. The summed E-state index contributed by atoms with van der Waals surface area (Å²) in [5, 5.41) is 10.3. The van der Waals surface area contributed by atoms with Gasteiger partial charge < -0.3 is 14.4 Å². The molecule has 0 unspecified atom stereocenters. The molecule has 5 nitrogen and oxygen atoms in total. The van der Waals surface area contributed by atoms with Crippen molar-refractivity contribution in [3.63, 3.8) is 0 Å². The summed E-state index contributed by atoms with van der Waals surface area (Å²) in [6.45, 7) is 3.36. The average Bonchev–Trinajstić information content (AvgIpc) is 2.58. The second-order valence-electron chi connectivity index (χ2n) is 6.86. The Morgan fingerprint density at radius 2 is 2.00 bits per heavy atom. The van der Waals surface area contributed by atoms with Crippen LogP contribution < -0.4 is 10.3 Å². The number of phenols is 1. The molecule has 0 saturated carbocycles. The summed E-state index contributed by atoms with van der Waals surface area (Å²) in [5.74, 6) is 1.62. The van der Waals surface area contributed by atoms with Crippen molar-refractivity contribution in [2.24, 2.45) is 5.92 Å². The Morgan fingerprint density at radius 3 is 2.83 bits per heavy atom. The maximum Gasteiger partial charge on any atom is 0.250 e. The van der Waals surface area contributed by atoms with Crippen LogP contribution in [0.25, 0.3) is 0 Å². The van der Waals surface area contributed by atoms with Crippen molar-refractivity contribution in [3.05, 3.63) is 58.0 Å². The number of piperidine rings is 1. The number of pyridine rings is 1. The number of aromatic nitrogens is 1. The molecule has 0 spiro atoms. The Bertz CT molecular complexity index is 814. The highest BCUT2D eigenvalue weighted by Crippen LogP contribution is 2.37. The van der Waals surface area contributed by atoms with Crippen molar-refractivity contribution in [2.45, 2.75) is 25.4 Å². The lowest BCUT2D eigenvalue weighted by molar-refractivity contribution is 0.113. The third-order valence-electron chi connectivity index (χ3n) is 5.25. The van der Waals surface area contributed by atoms with Gasteiger partial charge in [0.2, 0.25) is 0 Å². The van der Waals surface area contributed by atoms with Gasteiger partial charge in [0.1, 0.15) is 0 Å². The third kappa shape index (κ3) is 2.59. The van der Waals surface area contributed by atoms with E-state index in [1.54, 1.807) is 19.2 Å². The van der Waals surface area contributed by atoms with Crippen LogP contribution in [0.5, 0.6) is 11.5 Å². The average molecular weight is 326 g/mol. The Balaban J connectivity index is 1.58. The second-order valence-corrected chi connectivity index (χ2v) is 6.86. The molecule has 126 valence electrons. The lowest BCUT2D eigenvalue weighted by atomic mass is 9.83. The summed E-state index contributed by atoms with van der Waals surface area (Å²) < 4.78 is 7.15. The molecule has 2 aromatic rings. The van der Waals surface area contributed by atoms with Gasteiger partial charge in [0.05, 0.1) is 7.11 Å². The van der Waals surface area contributed by atoms with Crippen LogP contribution in [0, 0.1) is 5.92 Å². The van der Waals surface area contributed by atoms with Crippen LogP contribution >= 0.6 is 0 Å². The van der Waals surface area contributed by atoms with Gasteiger partial charge in [-0.25, -0.2) is 0 Å². The minimum Gasteiger partial charge on any atom is -0.504 e. The maximum absolute atomic E-state index is 12.1. The molecule has 1 N–H and O–H groups in total. The number of benzene rings is 1. The molecule has 0 radical (unpaired) electrons. The summed E-state index contributed by atoms with van der Waals surface area (Å²) in [4.78, 5) is 14.5. The topological polar surface area (TPSA) is 54.7 Å². The molecule has 1 fully saturated rings. The van der Waals surface area contributed by atoms with Crippen molar-refractivity contribution < 1.29 is 9.84 Å². The van der Waals surface area contributed by atoms with Gasteiger partial charge in [-0.15, -0.1) is 0 Å². The smallest absolute Gasteiger partial charge is 0.250 e. The van der Waals surface area contributed by atoms with E-state index in [4.69, 9.17) is 4.74 Å². The summed E-state index contributed by atoms with van der Waals surface area (Å²) in [6, 6.07) is 11.2. The summed E-state index contributed by atoms with van der Waals surface area (Å²) in [5.41, 5.74) is 2.15. The molecule has 1 aromatic heterocycles. The van der Waals surface area contributed by atoms with Crippen molar-refractivity contribution in [2.75, 3.05) is 20.2 Å². The van der Waals surface area contributed by atoms with Crippen LogP contribution in [0.4, 0.5) is 0 Å². The quantitative estimate of drug-likeness (QED) is 0.939. The van der Waals surface area contributed by atoms with E-state index in [1.807, 2.05) is 22.8 Å². The molecule has 2 bridgehead atoms. The molecule has 2 atom stereocenters. The fraction of sp³-hybridized carbons (Fsp3) is 0.421. The molecule has 2 aliphatic rings. The van der Waals surface area contributed by atoms with Gasteiger partial charge in [-0.1, -0.05) is 18.2 Å². The van der Waals surface area contributed by atoms with E-state index in [0.717, 1.165) is 37.3 Å². The monoisotopic (exact) mass is 326 g/mol. The maximum atomic E-state index is 12.1. The van der Waals surface area contributed by atoms with Gasteiger partial charge in [-0.05, 0) is 24.5 Å². The number of phenolic OH excluding ortho intramolecular Hbond substituents is 1. The highest BCUT2D eigenvalue weighted by atomic mass is 16.5. The number of fused-ring (bicyclic) bond motifs is 4. The third-order valence-corrected chi connectivity index (χ3v) is 5.25. The number of rotatable bonds is 3. The standard InChI is InChI=1S/C19H22N2O3/c1-24-17-6-2-4-14(19(17)23)11-20-9-13-8-15(12-20)16-5-3-7-18(22)21(16)10-13/h2-7,13,15,23H,8-12H2,1H3/t13-,15+/m1/s1. The molecular weight excluding hydrogens is 304 g/mol. The number of aromatic hydroxyl groups is 1. The van der Waals surface area contributed by atoms with Gasteiger partial charge in [0, 0.05) is 49.4 Å². The molecule has 4 rings (SSSR count). The summed E-state index contributed by atoms with van der Waals surface area (Å²) >= 11 is 0. The minimum absolute atomic E-state index is 0.112. The molecule has 0 amide bonds. The molecule has 3 heterocycles. The number of likely N-dealkylation sites (tertiary alicyclic amines) is 1. The molecule has 1 aromatic carbocycles. The van der Waals surface area contributed by atoms with Crippen LogP contribution in [0.2, 0.25) is 0 Å². The highest BCUT2D eigenvalue weighted by Gasteiger charge is 2.34. The van der Waals surface area contributed by atoms with E-state index < -0.39 is 0 Å². The number of para-hydroxylation sites is 1. The van der Waals surface area contributed by atoms with Crippen LogP contribution in [0.15, 0.2) is 41.2 Å². The van der Waals surface area contributed by atoms with Gasteiger partial charge in [-0.3, -0.25) is 9.69 Å².